The van der Waals surface area contributed by atoms with Crippen molar-refractivity contribution in [3.8, 4) is 0 Å². The highest BCUT2D eigenvalue weighted by Gasteiger charge is 2.51. The van der Waals surface area contributed by atoms with Gasteiger partial charge in [-0.2, -0.15) is 0 Å². The second-order valence-electron chi connectivity index (χ2n) is 7.76. The standard InChI is InChI=1S/C19H27N/c1-3-20-18-5-4-17(6-13(18)2)19-10-14-7-15(11-19)9-16(8-14)12-19/h4-6,14-16,20H,3,7-12H2,1-2H3. The molecule has 20 heavy (non-hydrogen) atoms. The fourth-order valence-electron chi connectivity index (χ4n) is 5.85. The minimum Gasteiger partial charge on any atom is -0.385 e. The maximum absolute atomic E-state index is 3.48. The molecule has 0 spiro atoms. The molecule has 4 fully saturated rings. The van der Waals surface area contributed by atoms with Crippen LogP contribution in [0.15, 0.2) is 18.2 Å². The summed E-state index contributed by atoms with van der Waals surface area (Å²) in [5.74, 6) is 3.11. The van der Waals surface area contributed by atoms with E-state index in [1.54, 1.807) is 5.56 Å². The molecule has 1 aromatic carbocycles. The first-order valence-corrected chi connectivity index (χ1v) is 8.53. The van der Waals surface area contributed by atoms with Crippen molar-refractivity contribution in [1.82, 2.24) is 0 Å². The highest BCUT2D eigenvalue weighted by Crippen LogP contribution is 2.60. The molecule has 4 aliphatic carbocycles. The van der Waals surface area contributed by atoms with Crippen LogP contribution in [0.2, 0.25) is 0 Å². The van der Waals surface area contributed by atoms with Crippen molar-refractivity contribution in [2.24, 2.45) is 17.8 Å². The van der Waals surface area contributed by atoms with E-state index in [4.69, 9.17) is 0 Å². The van der Waals surface area contributed by atoms with Gasteiger partial charge in [-0.15, -0.1) is 0 Å². The third kappa shape index (κ3) is 1.89. The molecular weight excluding hydrogens is 242 g/mol. The van der Waals surface area contributed by atoms with E-state index in [1.807, 2.05) is 0 Å². The molecule has 0 radical (unpaired) electrons. The second kappa shape index (κ2) is 4.51. The molecule has 5 rings (SSSR count). The maximum atomic E-state index is 3.48. The van der Waals surface area contributed by atoms with Gasteiger partial charge in [0, 0.05) is 12.2 Å². The smallest absolute Gasteiger partial charge is 0.0369 e. The van der Waals surface area contributed by atoms with E-state index >= 15 is 0 Å². The topological polar surface area (TPSA) is 12.0 Å². The summed E-state index contributed by atoms with van der Waals surface area (Å²) in [5, 5.41) is 3.48. The van der Waals surface area contributed by atoms with Crippen LogP contribution in [0, 0.1) is 24.7 Å². The lowest BCUT2D eigenvalue weighted by Crippen LogP contribution is -2.48. The van der Waals surface area contributed by atoms with Gasteiger partial charge in [-0.05, 0) is 92.7 Å². The molecule has 4 aliphatic rings. The summed E-state index contributed by atoms with van der Waals surface area (Å²) in [5.41, 5.74) is 4.95. The Labute approximate surface area is 123 Å². The molecule has 4 saturated carbocycles. The van der Waals surface area contributed by atoms with Crippen molar-refractivity contribution in [2.75, 3.05) is 11.9 Å². The van der Waals surface area contributed by atoms with E-state index in [9.17, 15) is 0 Å². The molecule has 0 aliphatic heterocycles. The van der Waals surface area contributed by atoms with Gasteiger partial charge in [0.2, 0.25) is 0 Å². The molecule has 108 valence electrons. The van der Waals surface area contributed by atoms with E-state index in [1.165, 1.54) is 49.8 Å². The highest BCUT2D eigenvalue weighted by molar-refractivity contribution is 5.53. The summed E-state index contributed by atoms with van der Waals surface area (Å²) >= 11 is 0. The summed E-state index contributed by atoms with van der Waals surface area (Å²) in [4.78, 5) is 0. The largest absolute Gasteiger partial charge is 0.385 e. The lowest BCUT2D eigenvalue weighted by atomic mass is 9.48. The average Bonchev–Trinajstić information content (AvgIpc) is 2.39. The van der Waals surface area contributed by atoms with Gasteiger partial charge in [0.25, 0.3) is 0 Å². The number of benzene rings is 1. The van der Waals surface area contributed by atoms with Crippen LogP contribution in [-0.4, -0.2) is 6.54 Å². The van der Waals surface area contributed by atoms with Crippen molar-refractivity contribution in [2.45, 2.75) is 57.8 Å². The van der Waals surface area contributed by atoms with Crippen LogP contribution in [0.4, 0.5) is 5.69 Å². The zero-order chi connectivity index (χ0) is 13.7. The van der Waals surface area contributed by atoms with Gasteiger partial charge < -0.3 is 5.32 Å². The predicted molar refractivity (Wildman–Crippen MR) is 85.2 cm³/mol. The Morgan fingerprint density at radius 1 is 1.05 bits per heavy atom. The summed E-state index contributed by atoms with van der Waals surface area (Å²) in [6.45, 7) is 5.45. The van der Waals surface area contributed by atoms with Crippen LogP contribution in [0.3, 0.4) is 0 Å². The van der Waals surface area contributed by atoms with Crippen molar-refractivity contribution < 1.29 is 0 Å². The summed E-state index contributed by atoms with van der Waals surface area (Å²) in [6.07, 6.45) is 9.02. The van der Waals surface area contributed by atoms with Crippen molar-refractivity contribution in [3.63, 3.8) is 0 Å². The van der Waals surface area contributed by atoms with Crippen LogP contribution in [0.1, 0.15) is 56.6 Å². The average molecular weight is 269 g/mol. The summed E-state index contributed by atoms with van der Waals surface area (Å²) in [6, 6.07) is 7.25. The molecule has 0 atom stereocenters. The number of nitrogens with one attached hydrogen (secondary N) is 1. The summed E-state index contributed by atoms with van der Waals surface area (Å²) in [7, 11) is 0. The van der Waals surface area contributed by atoms with Crippen LogP contribution >= 0.6 is 0 Å². The molecule has 1 N–H and O–H groups in total. The molecule has 0 heterocycles. The van der Waals surface area contributed by atoms with Crippen LogP contribution in [0.5, 0.6) is 0 Å². The van der Waals surface area contributed by atoms with Crippen LogP contribution in [-0.2, 0) is 5.41 Å². The summed E-state index contributed by atoms with van der Waals surface area (Å²) < 4.78 is 0. The number of anilines is 1. The van der Waals surface area contributed by atoms with Gasteiger partial charge in [-0.3, -0.25) is 0 Å². The third-order valence-corrected chi connectivity index (χ3v) is 6.24. The Balaban J connectivity index is 1.68. The number of rotatable bonds is 3. The fraction of sp³-hybridized carbons (Fsp3) is 0.684. The number of hydrogen-bond donors (Lipinski definition) is 1. The number of hydrogen-bond acceptors (Lipinski definition) is 1. The van der Waals surface area contributed by atoms with Crippen LogP contribution < -0.4 is 5.32 Å². The number of aryl methyl sites for hydroxylation is 1. The quantitative estimate of drug-likeness (QED) is 0.823. The molecule has 1 heteroatoms. The minimum atomic E-state index is 0.546. The van der Waals surface area contributed by atoms with Crippen molar-refractivity contribution in [3.05, 3.63) is 29.3 Å². The SMILES string of the molecule is CCNc1ccc(C23CC4CC(CC(C4)C2)C3)cc1C. The van der Waals surface area contributed by atoms with Gasteiger partial charge in [0.1, 0.15) is 0 Å². The maximum Gasteiger partial charge on any atom is 0.0369 e. The van der Waals surface area contributed by atoms with Gasteiger partial charge in [-0.25, -0.2) is 0 Å². The highest BCUT2D eigenvalue weighted by atomic mass is 14.9. The van der Waals surface area contributed by atoms with Crippen LogP contribution in [0.25, 0.3) is 0 Å². The third-order valence-electron chi connectivity index (χ3n) is 6.24. The predicted octanol–water partition coefficient (Wildman–Crippen LogP) is 4.89. The van der Waals surface area contributed by atoms with Crippen molar-refractivity contribution >= 4 is 5.69 Å². The Morgan fingerprint density at radius 2 is 1.65 bits per heavy atom. The Bertz CT molecular complexity index is 481. The van der Waals surface area contributed by atoms with E-state index in [2.05, 4.69) is 37.4 Å². The first kappa shape index (κ1) is 12.7. The zero-order valence-corrected chi connectivity index (χ0v) is 12.9. The molecule has 1 nitrogen and oxygen atoms in total. The van der Waals surface area contributed by atoms with E-state index in [-0.39, 0.29) is 0 Å². The van der Waals surface area contributed by atoms with E-state index in [0.29, 0.717) is 5.41 Å². The Morgan fingerprint density at radius 3 is 2.15 bits per heavy atom. The first-order valence-electron chi connectivity index (χ1n) is 8.53. The molecule has 0 aromatic heterocycles. The molecular formula is C19H27N. The first-order chi connectivity index (χ1) is 9.68. The van der Waals surface area contributed by atoms with Gasteiger partial charge >= 0.3 is 0 Å². The van der Waals surface area contributed by atoms with Gasteiger partial charge in [0.05, 0.1) is 0 Å². The van der Waals surface area contributed by atoms with E-state index in [0.717, 1.165) is 24.3 Å². The monoisotopic (exact) mass is 269 g/mol. The Hall–Kier alpha value is -0.980. The zero-order valence-electron chi connectivity index (χ0n) is 12.9. The lowest BCUT2D eigenvalue weighted by Gasteiger charge is -2.57. The van der Waals surface area contributed by atoms with E-state index < -0.39 is 0 Å². The lowest BCUT2D eigenvalue weighted by molar-refractivity contribution is -0.00520. The molecule has 0 saturated heterocycles. The van der Waals surface area contributed by atoms with Gasteiger partial charge in [0.15, 0.2) is 0 Å². The molecule has 1 aromatic rings. The molecule has 0 amide bonds. The van der Waals surface area contributed by atoms with Gasteiger partial charge in [-0.1, -0.05) is 12.1 Å². The normalized spacial score (nSPS) is 38.2. The second-order valence-corrected chi connectivity index (χ2v) is 7.76. The molecule has 0 unspecified atom stereocenters. The Kier molecular flexibility index (Phi) is 2.87. The van der Waals surface area contributed by atoms with Crippen molar-refractivity contribution in [1.29, 1.82) is 0 Å². The fourth-order valence-corrected chi connectivity index (χ4v) is 5.85. The minimum absolute atomic E-state index is 0.546. The molecule has 4 bridgehead atoms.